The predicted octanol–water partition coefficient (Wildman–Crippen LogP) is 3.75. The first-order valence-corrected chi connectivity index (χ1v) is 10.6. The highest BCUT2D eigenvalue weighted by Gasteiger charge is 2.30. The van der Waals surface area contributed by atoms with Crippen LogP contribution in [0.5, 0.6) is 0 Å². The fourth-order valence-corrected chi connectivity index (χ4v) is 4.01. The second-order valence-corrected chi connectivity index (χ2v) is 8.94. The molecule has 2 saturated heterocycles. The van der Waals surface area contributed by atoms with Crippen LogP contribution in [-0.2, 0) is 20.2 Å². The number of carbonyl (C=O) groups is 1. The molecule has 0 spiro atoms. The predicted molar refractivity (Wildman–Crippen MR) is 110 cm³/mol. The molecule has 3 heterocycles. The van der Waals surface area contributed by atoms with E-state index in [1.165, 1.54) is 0 Å². The Kier molecular flexibility index (Phi) is 7.28. The smallest absolute Gasteiger partial charge is 0.410 e. The van der Waals surface area contributed by atoms with Crippen molar-refractivity contribution in [3.8, 4) is 0 Å². The lowest BCUT2D eigenvalue weighted by Crippen LogP contribution is -2.41. The van der Waals surface area contributed by atoms with Gasteiger partial charge in [0.05, 0.1) is 12.3 Å². The Labute approximate surface area is 173 Å². The molecular formula is C20H33N3O4S. The molecule has 2 aliphatic heterocycles. The van der Waals surface area contributed by atoms with Crippen molar-refractivity contribution in [3.63, 3.8) is 0 Å². The molecule has 0 bridgehead atoms. The number of likely N-dealkylation sites (tertiary alicyclic amines) is 1. The van der Waals surface area contributed by atoms with E-state index in [9.17, 15) is 4.79 Å². The Morgan fingerprint density at radius 3 is 2.50 bits per heavy atom. The minimum absolute atomic E-state index is 0.222. The summed E-state index contributed by atoms with van der Waals surface area (Å²) in [5, 5.41) is 0. The van der Waals surface area contributed by atoms with Crippen LogP contribution in [0.25, 0.3) is 0 Å². The van der Waals surface area contributed by atoms with Gasteiger partial charge in [-0.05, 0) is 59.4 Å². The quantitative estimate of drug-likeness (QED) is 0.590. The van der Waals surface area contributed by atoms with Crippen LogP contribution in [-0.4, -0.2) is 59.1 Å². The lowest BCUT2D eigenvalue weighted by atomic mass is 9.95. The average Bonchev–Trinajstić information content (AvgIpc) is 3.10. The highest BCUT2D eigenvalue weighted by Crippen LogP contribution is 2.32. The van der Waals surface area contributed by atoms with Crippen LogP contribution < -0.4 is 0 Å². The van der Waals surface area contributed by atoms with E-state index < -0.39 is 5.60 Å². The molecule has 1 amide bonds. The third-order valence-electron chi connectivity index (χ3n) is 5.40. The first kappa shape index (κ1) is 21.5. The van der Waals surface area contributed by atoms with Crippen molar-refractivity contribution in [2.75, 3.05) is 32.9 Å². The van der Waals surface area contributed by atoms with Crippen molar-refractivity contribution in [2.45, 2.75) is 70.4 Å². The van der Waals surface area contributed by atoms with E-state index in [1.54, 1.807) is 0 Å². The number of hydrogen-bond acceptors (Lipinski definition) is 6. The van der Waals surface area contributed by atoms with Gasteiger partial charge in [-0.25, -0.2) is 9.78 Å². The first-order valence-electron chi connectivity index (χ1n) is 10.3. The fourth-order valence-electron chi connectivity index (χ4n) is 3.93. The van der Waals surface area contributed by atoms with E-state index in [4.69, 9.17) is 18.6 Å². The van der Waals surface area contributed by atoms with Crippen molar-refractivity contribution in [1.82, 2.24) is 14.5 Å². The number of thiol groups is 1. The molecule has 1 aromatic rings. The third kappa shape index (κ3) is 5.64. The van der Waals surface area contributed by atoms with E-state index in [0.717, 1.165) is 57.0 Å². The Balaban J connectivity index is 1.67. The van der Waals surface area contributed by atoms with Gasteiger partial charge in [0.2, 0.25) is 0 Å². The monoisotopic (exact) mass is 411 g/mol. The lowest BCUT2D eigenvalue weighted by Gasteiger charge is -2.33. The Morgan fingerprint density at radius 2 is 1.89 bits per heavy atom. The van der Waals surface area contributed by atoms with Crippen molar-refractivity contribution in [2.24, 2.45) is 0 Å². The molecule has 0 N–H and O–H groups in total. The molecule has 1 aromatic heterocycles. The maximum Gasteiger partial charge on any atom is 0.410 e. The number of carbonyl (C=O) groups excluding carboxylic acids is 1. The molecular weight excluding hydrogens is 378 g/mol. The van der Waals surface area contributed by atoms with Gasteiger partial charge in [0.25, 0.3) is 0 Å². The Morgan fingerprint density at radius 1 is 1.21 bits per heavy atom. The average molecular weight is 412 g/mol. The maximum atomic E-state index is 12.3. The van der Waals surface area contributed by atoms with Gasteiger partial charge < -0.3 is 23.1 Å². The molecule has 0 radical (unpaired) electrons. The van der Waals surface area contributed by atoms with Gasteiger partial charge in [0.1, 0.15) is 11.4 Å². The third-order valence-corrected chi connectivity index (χ3v) is 5.58. The summed E-state index contributed by atoms with van der Waals surface area (Å²) in [6, 6.07) is 0. The summed E-state index contributed by atoms with van der Waals surface area (Å²) in [5.41, 5.74) is 0.697. The molecule has 3 rings (SSSR count). The summed E-state index contributed by atoms with van der Waals surface area (Å²) in [5.74, 6) is 1.91. The molecule has 0 saturated carbocycles. The summed E-state index contributed by atoms with van der Waals surface area (Å²) in [6.45, 7) is 9.98. The normalized spacial score (nSPS) is 19.8. The second kappa shape index (κ2) is 9.50. The van der Waals surface area contributed by atoms with E-state index in [-0.39, 0.29) is 6.09 Å². The van der Waals surface area contributed by atoms with Crippen LogP contribution >= 0.6 is 12.9 Å². The number of ether oxygens (including phenoxy) is 2. The Bertz CT molecular complexity index is 644. The minimum Gasteiger partial charge on any atom is -0.444 e. The SMILES string of the molecule is CC(C)(C)OC(=O)N1CCC(c2nc(C3CCOCC3)cn2CCOS)CC1. The van der Waals surface area contributed by atoms with Crippen molar-refractivity contribution in [3.05, 3.63) is 17.7 Å². The lowest BCUT2D eigenvalue weighted by molar-refractivity contribution is 0.0202. The van der Waals surface area contributed by atoms with Gasteiger partial charge in [-0.3, -0.25) is 0 Å². The van der Waals surface area contributed by atoms with Crippen LogP contribution in [0.2, 0.25) is 0 Å². The second-order valence-electron chi connectivity index (χ2n) is 8.68. The molecule has 0 aliphatic carbocycles. The number of amides is 1. The van der Waals surface area contributed by atoms with Crippen LogP contribution in [0, 0.1) is 0 Å². The van der Waals surface area contributed by atoms with Crippen LogP contribution in [0.15, 0.2) is 6.20 Å². The highest BCUT2D eigenvalue weighted by molar-refractivity contribution is 7.75. The fraction of sp³-hybridized carbons (Fsp3) is 0.800. The zero-order chi connectivity index (χ0) is 20.1. The minimum atomic E-state index is -0.463. The van der Waals surface area contributed by atoms with E-state index in [2.05, 4.69) is 23.7 Å². The zero-order valence-electron chi connectivity index (χ0n) is 17.2. The maximum absolute atomic E-state index is 12.3. The van der Waals surface area contributed by atoms with Crippen LogP contribution in [0.4, 0.5) is 4.79 Å². The number of piperidine rings is 1. The molecule has 0 aromatic carbocycles. The summed E-state index contributed by atoms with van der Waals surface area (Å²) in [4.78, 5) is 19.2. The number of aromatic nitrogens is 2. The van der Waals surface area contributed by atoms with Gasteiger partial charge in [0, 0.05) is 50.9 Å². The van der Waals surface area contributed by atoms with E-state index in [0.29, 0.717) is 31.5 Å². The van der Waals surface area contributed by atoms with Crippen molar-refractivity contribution in [1.29, 1.82) is 0 Å². The number of nitrogens with zero attached hydrogens (tertiary/aromatic N) is 3. The highest BCUT2D eigenvalue weighted by atomic mass is 32.1. The van der Waals surface area contributed by atoms with Gasteiger partial charge in [-0.2, -0.15) is 0 Å². The number of rotatable bonds is 5. The first-order chi connectivity index (χ1) is 13.4. The molecule has 158 valence electrons. The molecule has 8 heteroatoms. The molecule has 2 fully saturated rings. The van der Waals surface area contributed by atoms with E-state index in [1.807, 2.05) is 25.7 Å². The van der Waals surface area contributed by atoms with Crippen molar-refractivity contribution < 1.29 is 18.5 Å². The summed E-state index contributed by atoms with van der Waals surface area (Å²) >= 11 is 3.88. The zero-order valence-corrected chi connectivity index (χ0v) is 18.1. The van der Waals surface area contributed by atoms with Crippen LogP contribution in [0.1, 0.15) is 69.8 Å². The molecule has 0 unspecified atom stereocenters. The summed E-state index contributed by atoms with van der Waals surface area (Å²) in [7, 11) is 0. The summed E-state index contributed by atoms with van der Waals surface area (Å²) in [6.07, 6.45) is 5.79. The topological polar surface area (TPSA) is 65.8 Å². The molecule has 0 atom stereocenters. The van der Waals surface area contributed by atoms with Gasteiger partial charge in [-0.15, -0.1) is 0 Å². The van der Waals surface area contributed by atoms with E-state index >= 15 is 0 Å². The number of hydrogen-bond donors (Lipinski definition) is 1. The van der Waals surface area contributed by atoms with Crippen LogP contribution in [0.3, 0.4) is 0 Å². The van der Waals surface area contributed by atoms with Gasteiger partial charge >= 0.3 is 6.09 Å². The molecule has 2 aliphatic rings. The molecule has 28 heavy (non-hydrogen) atoms. The Hall–Kier alpha value is -1.25. The van der Waals surface area contributed by atoms with Gasteiger partial charge in [-0.1, -0.05) is 0 Å². The summed E-state index contributed by atoms with van der Waals surface area (Å²) < 4.78 is 18.2. The van der Waals surface area contributed by atoms with Gasteiger partial charge in [0.15, 0.2) is 0 Å². The largest absolute Gasteiger partial charge is 0.444 e. The standard InChI is InChI=1S/C20H33N3O4S/c1-20(2,3)27-19(24)22-8-4-16(5-9-22)18-21-17(14-23(18)10-13-26-28)15-6-11-25-12-7-15/h14-16,28H,4-13H2,1-3H3. The molecule has 7 nitrogen and oxygen atoms in total. The number of imidazole rings is 1. The van der Waals surface area contributed by atoms with Crippen molar-refractivity contribution >= 4 is 19.0 Å².